The number of fused-ring (bicyclic) bond motifs is 4. The molecule has 0 radical (unpaired) electrons. The smallest absolute Gasteiger partial charge is 0.207 e. The Labute approximate surface area is 233 Å². The molecule has 40 heavy (non-hydrogen) atoms. The number of nitrogens with zero attached hydrogens (tertiary/aromatic N) is 2. The van der Waals surface area contributed by atoms with Gasteiger partial charge in [0.1, 0.15) is 14.1 Å². The molecule has 0 saturated heterocycles. The van der Waals surface area contributed by atoms with E-state index in [0.717, 1.165) is 54.8 Å². The Hall–Kier alpha value is -4.96. The molecule has 0 fully saturated rings. The van der Waals surface area contributed by atoms with Crippen LogP contribution in [0.4, 0.5) is 5.69 Å². The number of carbonyl (C=O) groups is 1. The molecule has 0 bridgehead atoms. The Kier molecular flexibility index (Phi) is 5.29. The largest absolute Gasteiger partial charge is 0.871 e. The molecular formula is C36H28N2O2. The van der Waals surface area contributed by atoms with E-state index >= 15 is 0 Å². The Morgan fingerprint density at radius 1 is 0.650 bits per heavy atom. The van der Waals surface area contributed by atoms with Crippen molar-refractivity contribution in [1.29, 1.82) is 0 Å². The van der Waals surface area contributed by atoms with Gasteiger partial charge in [-0.3, -0.25) is 4.79 Å². The lowest BCUT2D eigenvalue weighted by Gasteiger charge is -2.34. The van der Waals surface area contributed by atoms with Crippen LogP contribution in [0.5, 0.6) is 0 Å². The molecule has 0 N–H and O–H groups in total. The van der Waals surface area contributed by atoms with E-state index in [1.165, 1.54) is 0 Å². The van der Waals surface area contributed by atoms with Gasteiger partial charge < -0.3 is 10.0 Å². The molecule has 4 nitrogen and oxygen atoms in total. The van der Waals surface area contributed by atoms with Crippen molar-refractivity contribution in [3.63, 3.8) is 0 Å². The lowest BCUT2D eigenvalue weighted by molar-refractivity contribution is -0.463. The molecule has 194 valence electrons. The first-order valence-electron chi connectivity index (χ1n) is 13.4. The maximum Gasteiger partial charge on any atom is 0.207 e. The molecule has 5 aromatic rings. The van der Waals surface area contributed by atoms with Gasteiger partial charge in [-0.25, -0.2) is 4.58 Å². The fourth-order valence-electron chi connectivity index (χ4n) is 6.13. The van der Waals surface area contributed by atoms with Gasteiger partial charge in [-0.15, -0.1) is 0 Å². The van der Waals surface area contributed by atoms with Gasteiger partial charge in [0, 0.05) is 42.4 Å². The fraction of sp³-hybridized carbons (Fsp3) is 0.111. The Morgan fingerprint density at radius 3 is 1.80 bits per heavy atom. The Morgan fingerprint density at radius 2 is 1.23 bits per heavy atom. The topological polar surface area (TPSA) is 46.4 Å². The molecular weight excluding hydrogens is 492 g/mol. The average Bonchev–Trinajstić information content (AvgIpc) is 2.95. The molecule has 0 aliphatic heterocycles. The van der Waals surface area contributed by atoms with Gasteiger partial charge in [-0.2, -0.15) is 0 Å². The summed E-state index contributed by atoms with van der Waals surface area (Å²) in [6.07, 6.45) is 3.93. The third-order valence-corrected chi connectivity index (χ3v) is 8.13. The molecule has 0 unspecified atom stereocenters. The summed E-state index contributed by atoms with van der Waals surface area (Å²) in [5, 5.41) is 20.3. The van der Waals surface area contributed by atoms with E-state index < -0.39 is 0 Å². The highest BCUT2D eigenvalue weighted by molar-refractivity contribution is 6.43. The number of hydrogen-bond acceptors (Lipinski definition) is 3. The van der Waals surface area contributed by atoms with E-state index in [0.29, 0.717) is 11.1 Å². The van der Waals surface area contributed by atoms with E-state index in [-0.39, 0.29) is 22.7 Å². The molecule has 0 aromatic heterocycles. The minimum Gasteiger partial charge on any atom is -0.871 e. The lowest BCUT2D eigenvalue weighted by Crippen LogP contribution is -2.31. The van der Waals surface area contributed by atoms with Crippen molar-refractivity contribution >= 4 is 60.6 Å². The summed E-state index contributed by atoms with van der Waals surface area (Å²) in [4.78, 5) is 16.0. The summed E-state index contributed by atoms with van der Waals surface area (Å²) in [5.41, 5.74) is 5.97. The van der Waals surface area contributed by atoms with Gasteiger partial charge in [0.2, 0.25) is 5.71 Å². The molecule has 7 rings (SSSR count). The fourth-order valence-corrected chi connectivity index (χ4v) is 6.13. The summed E-state index contributed by atoms with van der Waals surface area (Å²) in [6, 6.07) is 28.8. The number of ketones is 1. The number of carbonyl (C=O) groups excluding carboxylic acids is 1. The van der Waals surface area contributed by atoms with Crippen molar-refractivity contribution in [3.8, 4) is 0 Å². The van der Waals surface area contributed by atoms with Gasteiger partial charge in [0.05, 0.1) is 5.56 Å². The molecule has 5 aromatic carbocycles. The van der Waals surface area contributed by atoms with Crippen molar-refractivity contribution in [2.24, 2.45) is 0 Å². The molecule has 2 aliphatic rings. The highest BCUT2D eigenvalue weighted by Gasteiger charge is 2.34. The van der Waals surface area contributed by atoms with Crippen LogP contribution in [-0.2, 0) is 4.79 Å². The van der Waals surface area contributed by atoms with Crippen LogP contribution >= 0.6 is 0 Å². The van der Waals surface area contributed by atoms with Crippen molar-refractivity contribution in [3.05, 3.63) is 125 Å². The number of Topliss-reactive ketones (excluding diaryl/α,β-unsaturated/α-hetero) is 1. The predicted octanol–water partition coefficient (Wildman–Crippen LogP) is 5.95. The van der Waals surface area contributed by atoms with E-state index in [2.05, 4.69) is 58.0 Å². The molecule has 0 spiro atoms. The van der Waals surface area contributed by atoms with Crippen LogP contribution in [0.1, 0.15) is 16.7 Å². The van der Waals surface area contributed by atoms with Gasteiger partial charge in [0.15, 0.2) is 5.78 Å². The van der Waals surface area contributed by atoms with Gasteiger partial charge >= 0.3 is 0 Å². The molecule has 4 heteroatoms. The van der Waals surface area contributed by atoms with Crippen molar-refractivity contribution in [2.45, 2.75) is 0 Å². The van der Waals surface area contributed by atoms with Crippen molar-refractivity contribution < 1.29 is 14.5 Å². The molecule has 2 aliphatic carbocycles. The zero-order valence-corrected chi connectivity index (χ0v) is 22.9. The third-order valence-electron chi connectivity index (χ3n) is 8.13. The Bertz CT molecular complexity index is 2070. The lowest BCUT2D eigenvalue weighted by atomic mass is 9.75. The highest BCUT2D eigenvalue weighted by Crippen LogP contribution is 2.45. The van der Waals surface area contributed by atoms with E-state index in [4.69, 9.17) is 0 Å². The minimum atomic E-state index is -0.191. The van der Waals surface area contributed by atoms with Crippen LogP contribution in [-0.4, -0.2) is 44.3 Å². The first-order valence-corrected chi connectivity index (χ1v) is 13.4. The average molecular weight is 521 g/mol. The predicted molar refractivity (Wildman–Crippen MR) is 164 cm³/mol. The van der Waals surface area contributed by atoms with Crippen molar-refractivity contribution in [1.82, 2.24) is 0 Å². The van der Waals surface area contributed by atoms with Gasteiger partial charge in [-0.1, -0.05) is 60.4 Å². The summed E-state index contributed by atoms with van der Waals surface area (Å²) in [6.45, 7) is 0. The van der Waals surface area contributed by atoms with Crippen LogP contribution in [0.25, 0.3) is 43.5 Å². The number of benzene rings is 5. The first kappa shape index (κ1) is 24.1. The van der Waals surface area contributed by atoms with Gasteiger partial charge in [-0.05, 0) is 80.0 Å². The molecule has 0 atom stereocenters. The van der Waals surface area contributed by atoms with E-state index in [1.54, 1.807) is 0 Å². The summed E-state index contributed by atoms with van der Waals surface area (Å²) in [5.74, 6) is -0.381. The standard InChI is InChI=1S/C36H28N2O2/c1-37(2)31-15-13-25(27-17-21-9-5-7-11-23(21)19-29(27)31)33-35(39)34(36(33)40)26-14-16-32(38(3)4)30-20-24-12-8-6-10-22(24)18-28(26)30/h5-20H,1-4H3. The van der Waals surface area contributed by atoms with E-state index in [9.17, 15) is 9.90 Å². The van der Waals surface area contributed by atoms with Crippen LogP contribution in [0.15, 0.2) is 108 Å². The van der Waals surface area contributed by atoms with Gasteiger partial charge in [0.25, 0.3) is 0 Å². The maximum atomic E-state index is 13.9. The summed E-state index contributed by atoms with van der Waals surface area (Å²) in [7, 11) is 8.03. The minimum absolute atomic E-state index is 0.191. The number of rotatable bonds is 2. The monoisotopic (exact) mass is 520 g/mol. The zero-order valence-electron chi connectivity index (χ0n) is 22.9. The quantitative estimate of drug-likeness (QED) is 0.164. The normalized spacial score (nSPS) is 16.6. The third kappa shape index (κ3) is 3.46. The number of anilines is 1. The Balaban J connectivity index is 1.48. The van der Waals surface area contributed by atoms with Crippen LogP contribution < -0.4 is 10.0 Å². The van der Waals surface area contributed by atoms with Crippen LogP contribution in [0.3, 0.4) is 0 Å². The summed E-state index contributed by atoms with van der Waals surface area (Å²) >= 11 is 0. The first-order chi connectivity index (χ1) is 19.3. The highest BCUT2D eigenvalue weighted by atomic mass is 16.3. The summed E-state index contributed by atoms with van der Waals surface area (Å²) < 4.78 is 2.07. The number of hydrogen-bond donors (Lipinski definition) is 0. The zero-order chi connectivity index (χ0) is 27.7. The van der Waals surface area contributed by atoms with Crippen LogP contribution in [0.2, 0.25) is 0 Å². The van der Waals surface area contributed by atoms with E-state index in [1.807, 2.05) is 76.7 Å². The van der Waals surface area contributed by atoms with Crippen molar-refractivity contribution in [2.75, 3.05) is 33.1 Å². The second kappa shape index (κ2) is 8.78. The maximum absolute atomic E-state index is 13.9. The molecule has 0 amide bonds. The SMILES string of the molecule is CN(C)c1ccc(C2=C([O-])C(=C3C=CC(=[N+](C)C)c4cc5ccccc5cc43)C2=O)c2cc3ccccc3cc12. The molecule has 0 saturated carbocycles. The number of allylic oxidation sites excluding steroid dienone is 5. The second-order valence-electron chi connectivity index (χ2n) is 11.0. The molecule has 0 heterocycles. The second-order valence-corrected chi connectivity index (χ2v) is 11.0. The van der Waals surface area contributed by atoms with Crippen LogP contribution in [0, 0.1) is 0 Å².